The first-order chi connectivity index (χ1) is 6.18. The second-order valence-electron chi connectivity index (χ2n) is 3.47. The Balaban J connectivity index is 2.45. The van der Waals surface area contributed by atoms with E-state index in [2.05, 4.69) is 12.1 Å². The summed E-state index contributed by atoms with van der Waals surface area (Å²) in [6, 6.07) is 10.1. The van der Waals surface area contributed by atoms with Crippen molar-refractivity contribution in [1.82, 2.24) is 0 Å². The molecule has 0 fully saturated rings. The standard InChI is InChI=1S/C11H15NO/c1-9(8-11(12)13)7-10-5-3-2-4-6-10/h2-6,9H,7-8H2,1H3,(H2,12,13). The fourth-order valence-electron chi connectivity index (χ4n) is 1.43. The molecule has 0 heterocycles. The number of carbonyl (C=O) groups excluding carboxylic acids is 1. The first kappa shape index (κ1) is 9.78. The zero-order chi connectivity index (χ0) is 9.68. The van der Waals surface area contributed by atoms with Gasteiger partial charge in [0.05, 0.1) is 0 Å². The van der Waals surface area contributed by atoms with Crippen molar-refractivity contribution in [2.45, 2.75) is 19.8 Å². The van der Waals surface area contributed by atoms with Gasteiger partial charge in [-0.05, 0) is 17.9 Å². The summed E-state index contributed by atoms with van der Waals surface area (Å²) >= 11 is 0. The summed E-state index contributed by atoms with van der Waals surface area (Å²) in [5.41, 5.74) is 6.37. The van der Waals surface area contributed by atoms with Crippen LogP contribution in [0.5, 0.6) is 0 Å². The molecule has 1 amide bonds. The summed E-state index contributed by atoms with van der Waals surface area (Å²) in [5.74, 6) is 0.114. The maximum atomic E-state index is 10.6. The molecule has 70 valence electrons. The van der Waals surface area contributed by atoms with Crippen molar-refractivity contribution < 1.29 is 4.79 Å². The molecule has 0 aliphatic heterocycles. The number of amides is 1. The van der Waals surface area contributed by atoms with Crippen molar-refractivity contribution in [2.24, 2.45) is 11.7 Å². The quantitative estimate of drug-likeness (QED) is 0.748. The first-order valence-electron chi connectivity index (χ1n) is 4.50. The van der Waals surface area contributed by atoms with Crippen LogP contribution in [0.2, 0.25) is 0 Å². The van der Waals surface area contributed by atoms with Gasteiger partial charge in [0.15, 0.2) is 0 Å². The van der Waals surface area contributed by atoms with Crippen LogP contribution in [0.3, 0.4) is 0 Å². The molecule has 0 spiro atoms. The first-order valence-corrected chi connectivity index (χ1v) is 4.50. The summed E-state index contributed by atoms with van der Waals surface area (Å²) < 4.78 is 0. The molecule has 0 saturated heterocycles. The fourth-order valence-corrected chi connectivity index (χ4v) is 1.43. The molecule has 2 nitrogen and oxygen atoms in total. The lowest BCUT2D eigenvalue weighted by molar-refractivity contribution is -0.118. The Bertz CT molecular complexity index is 269. The van der Waals surface area contributed by atoms with Crippen molar-refractivity contribution in [3.8, 4) is 0 Å². The highest BCUT2D eigenvalue weighted by Gasteiger charge is 2.06. The van der Waals surface area contributed by atoms with Crippen LogP contribution in [-0.2, 0) is 11.2 Å². The highest BCUT2D eigenvalue weighted by Crippen LogP contribution is 2.10. The third-order valence-corrected chi connectivity index (χ3v) is 1.98. The smallest absolute Gasteiger partial charge is 0.217 e. The molecule has 0 radical (unpaired) electrons. The van der Waals surface area contributed by atoms with E-state index < -0.39 is 0 Å². The van der Waals surface area contributed by atoms with E-state index in [1.165, 1.54) is 5.56 Å². The normalized spacial score (nSPS) is 12.4. The van der Waals surface area contributed by atoms with E-state index in [0.717, 1.165) is 6.42 Å². The monoisotopic (exact) mass is 177 g/mol. The Kier molecular flexibility index (Phi) is 3.50. The molecule has 1 rings (SSSR count). The second-order valence-corrected chi connectivity index (χ2v) is 3.47. The number of primary amides is 1. The Morgan fingerprint density at radius 3 is 2.54 bits per heavy atom. The predicted molar refractivity (Wildman–Crippen MR) is 53.1 cm³/mol. The van der Waals surface area contributed by atoms with Gasteiger partial charge in [0.2, 0.25) is 5.91 Å². The van der Waals surface area contributed by atoms with Crippen LogP contribution in [-0.4, -0.2) is 5.91 Å². The number of rotatable bonds is 4. The van der Waals surface area contributed by atoms with E-state index in [4.69, 9.17) is 5.73 Å². The van der Waals surface area contributed by atoms with E-state index in [-0.39, 0.29) is 5.91 Å². The van der Waals surface area contributed by atoms with Crippen LogP contribution in [0.4, 0.5) is 0 Å². The average molecular weight is 177 g/mol. The number of carbonyl (C=O) groups is 1. The van der Waals surface area contributed by atoms with Crippen molar-refractivity contribution >= 4 is 5.91 Å². The van der Waals surface area contributed by atoms with Gasteiger partial charge in [-0.15, -0.1) is 0 Å². The van der Waals surface area contributed by atoms with E-state index in [1.54, 1.807) is 0 Å². The van der Waals surface area contributed by atoms with Crippen LogP contribution < -0.4 is 5.73 Å². The molecule has 1 aromatic carbocycles. The van der Waals surface area contributed by atoms with Crippen LogP contribution in [0.25, 0.3) is 0 Å². The minimum Gasteiger partial charge on any atom is -0.370 e. The maximum Gasteiger partial charge on any atom is 0.217 e. The molecule has 1 unspecified atom stereocenters. The summed E-state index contributed by atoms with van der Waals surface area (Å²) in [5, 5.41) is 0. The van der Waals surface area contributed by atoms with Gasteiger partial charge in [0.25, 0.3) is 0 Å². The summed E-state index contributed by atoms with van der Waals surface area (Å²) in [4.78, 5) is 10.6. The largest absolute Gasteiger partial charge is 0.370 e. The third kappa shape index (κ3) is 3.74. The lowest BCUT2D eigenvalue weighted by Gasteiger charge is -2.08. The highest BCUT2D eigenvalue weighted by molar-refractivity contribution is 5.73. The zero-order valence-electron chi connectivity index (χ0n) is 7.86. The Morgan fingerprint density at radius 2 is 2.00 bits per heavy atom. The molecular weight excluding hydrogens is 162 g/mol. The lowest BCUT2D eigenvalue weighted by atomic mass is 9.98. The Labute approximate surface area is 78.8 Å². The van der Waals surface area contributed by atoms with E-state index >= 15 is 0 Å². The van der Waals surface area contributed by atoms with E-state index in [0.29, 0.717) is 12.3 Å². The fraction of sp³-hybridized carbons (Fsp3) is 0.364. The lowest BCUT2D eigenvalue weighted by Crippen LogP contribution is -2.15. The third-order valence-electron chi connectivity index (χ3n) is 1.98. The molecule has 13 heavy (non-hydrogen) atoms. The number of benzene rings is 1. The molecule has 2 heteroatoms. The van der Waals surface area contributed by atoms with Gasteiger partial charge in [0, 0.05) is 6.42 Å². The van der Waals surface area contributed by atoms with Crippen LogP contribution >= 0.6 is 0 Å². The number of hydrogen-bond acceptors (Lipinski definition) is 1. The van der Waals surface area contributed by atoms with Crippen LogP contribution in [0.15, 0.2) is 30.3 Å². The maximum absolute atomic E-state index is 10.6. The van der Waals surface area contributed by atoms with Gasteiger partial charge in [-0.3, -0.25) is 4.79 Å². The van der Waals surface area contributed by atoms with E-state index in [9.17, 15) is 4.79 Å². The van der Waals surface area contributed by atoms with Crippen LogP contribution in [0, 0.1) is 5.92 Å². The second kappa shape index (κ2) is 4.65. The minimum atomic E-state index is -0.219. The number of hydrogen-bond donors (Lipinski definition) is 1. The highest BCUT2D eigenvalue weighted by atomic mass is 16.1. The topological polar surface area (TPSA) is 43.1 Å². The summed E-state index contributed by atoms with van der Waals surface area (Å²) in [6.45, 7) is 2.04. The SMILES string of the molecule is CC(CC(N)=O)Cc1ccccc1. The molecule has 1 aromatic rings. The predicted octanol–water partition coefficient (Wildman–Crippen LogP) is 1.74. The van der Waals surface area contributed by atoms with Gasteiger partial charge in [0.1, 0.15) is 0 Å². The van der Waals surface area contributed by atoms with Crippen LogP contribution in [0.1, 0.15) is 18.9 Å². The molecule has 0 bridgehead atoms. The van der Waals surface area contributed by atoms with Crippen molar-refractivity contribution in [2.75, 3.05) is 0 Å². The zero-order valence-corrected chi connectivity index (χ0v) is 7.86. The summed E-state index contributed by atoms with van der Waals surface area (Å²) in [6.07, 6.45) is 1.39. The van der Waals surface area contributed by atoms with E-state index in [1.807, 2.05) is 25.1 Å². The summed E-state index contributed by atoms with van der Waals surface area (Å²) in [7, 11) is 0. The Hall–Kier alpha value is -1.31. The minimum absolute atomic E-state index is 0.219. The molecule has 1 atom stereocenters. The molecule has 0 aliphatic rings. The number of nitrogens with two attached hydrogens (primary N) is 1. The van der Waals surface area contributed by atoms with Crippen molar-refractivity contribution in [3.63, 3.8) is 0 Å². The molecule has 2 N–H and O–H groups in total. The van der Waals surface area contributed by atoms with Gasteiger partial charge >= 0.3 is 0 Å². The molecular formula is C11H15NO. The van der Waals surface area contributed by atoms with Gasteiger partial charge in [-0.25, -0.2) is 0 Å². The van der Waals surface area contributed by atoms with Gasteiger partial charge < -0.3 is 5.73 Å². The van der Waals surface area contributed by atoms with Gasteiger partial charge in [-0.2, -0.15) is 0 Å². The van der Waals surface area contributed by atoms with Crippen molar-refractivity contribution in [1.29, 1.82) is 0 Å². The van der Waals surface area contributed by atoms with Gasteiger partial charge in [-0.1, -0.05) is 37.3 Å². The van der Waals surface area contributed by atoms with Crippen molar-refractivity contribution in [3.05, 3.63) is 35.9 Å². The molecule has 0 saturated carbocycles. The Morgan fingerprint density at radius 1 is 1.38 bits per heavy atom. The molecule has 0 aromatic heterocycles. The molecule has 0 aliphatic carbocycles. The average Bonchev–Trinajstić information content (AvgIpc) is 2.04.